The van der Waals surface area contributed by atoms with E-state index in [4.69, 9.17) is 21.6 Å². The number of benzene rings is 2. The van der Waals surface area contributed by atoms with Gasteiger partial charge in [-0.25, -0.2) is 17.9 Å². The summed E-state index contributed by atoms with van der Waals surface area (Å²) in [6, 6.07) is 6.69. The van der Waals surface area contributed by atoms with Gasteiger partial charge in [0.25, 0.3) is 0 Å². The number of alkyl halides is 3. The van der Waals surface area contributed by atoms with Crippen molar-refractivity contribution in [3.8, 4) is 17.3 Å². The van der Waals surface area contributed by atoms with E-state index in [-0.39, 0.29) is 33.3 Å². The Morgan fingerprint density at radius 3 is 2.46 bits per heavy atom. The maximum atomic E-state index is 14.1. The average molecular weight is 634 g/mol. The van der Waals surface area contributed by atoms with E-state index in [1.165, 1.54) is 47.0 Å². The predicted octanol–water partition coefficient (Wildman–Crippen LogP) is 5.83. The second-order valence-corrected chi connectivity index (χ2v) is 13.4. The molecule has 0 aliphatic carbocycles. The molecule has 3 N–H and O–H groups in total. The lowest BCUT2D eigenvalue weighted by molar-refractivity contribution is -0.137. The number of hydrogen-bond acceptors (Lipinski definition) is 8. The Kier molecular flexibility index (Phi) is 10.3. The molecule has 1 saturated heterocycles. The molecular formula is C26H31ClF3N5O4S2. The third-order valence-electron chi connectivity index (χ3n) is 6.09. The molecule has 0 saturated carbocycles. The first-order valence-corrected chi connectivity index (χ1v) is 15.6. The molecule has 2 atom stereocenters. The Morgan fingerprint density at radius 1 is 1.24 bits per heavy atom. The molecule has 2 unspecified atom stereocenters. The number of sulfonamides is 1. The SMILES string of the molecule is CSC(NC#N)Nc1cc(Cl)c(-c2ccc(S(=O)(=O)NCC3CCCN3C(=O)OC(C)(C)C)cc2)c(C(F)(F)F)c1. The third-order valence-corrected chi connectivity index (χ3v) is 8.54. The van der Waals surface area contributed by atoms with Crippen molar-refractivity contribution in [2.24, 2.45) is 0 Å². The topological polar surface area (TPSA) is 124 Å². The number of carbonyl (C=O) groups is 1. The second-order valence-electron chi connectivity index (χ2n) is 10.2. The molecule has 1 fully saturated rings. The fraction of sp³-hybridized carbons (Fsp3) is 0.462. The zero-order chi connectivity index (χ0) is 30.6. The highest BCUT2D eigenvalue weighted by molar-refractivity contribution is 7.99. The minimum absolute atomic E-state index is 0.0421. The van der Waals surface area contributed by atoms with Crippen molar-refractivity contribution in [3.63, 3.8) is 0 Å². The molecule has 0 spiro atoms. The molecule has 0 aromatic heterocycles. The van der Waals surface area contributed by atoms with Crippen LogP contribution in [0.25, 0.3) is 11.1 Å². The average Bonchev–Trinajstić information content (AvgIpc) is 3.35. The van der Waals surface area contributed by atoms with Crippen molar-refractivity contribution >= 4 is 45.2 Å². The van der Waals surface area contributed by atoms with E-state index in [2.05, 4.69) is 15.4 Å². The lowest BCUT2D eigenvalue weighted by atomic mass is 9.98. The summed E-state index contributed by atoms with van der Waals surface area (Å²) in [6.07, 6.45) is -0.615. The van der Waals surface area contributed by atoms with Gasteiger partial charge in [-0.2, -0.15) is 18.4 Å². The van der Waals surface area contributed by atoms with Gasteiger partial charge >= 0.3 is 12.3 Å². The number of hydrogen-bond donors (Lipinski definition) is 3. The van der Waals surface area contributed by atoms with E-state index in [9.17, 15) is 26.4 Å². The van der Waals surface area contributed by atoms with Crippen LogP contribution in [0.1, 0.15) is 39.2 Å². The molecule has 224 valence electrons. The molecule has 2 aromatic carbocycles. The Hall–Kier alpha value is -2.86. The molecule has 0 radical (unpaired) electrons. The Morgan fingerprint density at radius 2 is 1.90 bits per heavy atom. The predicted molar refractivity (Wildman–Crippen MR) is 153 cm³/mol. The summed E-state index contributed by atoms with van der Waals surface area (Å²) in [5.41, 5.74) is -2.60. The Labute approximate surface area is 246 Å². The van der Waals surface area contributed by atoms with Crippen LogP contribution in [-0.4, -0.2) is 55.9 Å². The minimum atomic E-state index is -4.78. The maximum Gasteiger partial charge on any atom is 0.417 e. The molecule has 3 rings (SSSR count). The standard InChI is InChI=1S/C26H31ClF3N5O4S2/c1-25(2,3)39-24(36)35-11-5-6-18(35)14-33-41(37,38)19-9-7-16(8-10-19)22-20(26(28,29)30)12-17(13-21(22)27)34-23(40-4)32-15-31/h7-10,12-13,18,23,32-34H,5-6,11,14H2,1-4H3. The molecule has 0 bridgehead atoms. The van der Waals surface area contributed by atoms with E-state index < -0.39 is 45.0 Å². The van der Waals surface area contributed by atoms with Gasteiger partial charge < -0.3 is 15.0 Å². The molecule has 1 heterocycles. The summed E-state index contributed by atoms with van der Waals surface area (Å²) < 4.78 is 76.0. The number of nitrogens with one attached hydrogen (secondary N) is 3. The first-order chi connectivity index (χ1) is 19.1. The zero-order valence-electron chi connectivity index (χ0n) is 22.8. The van der Waals surface area contributed by atoms with Crippen LogP contribution in [0.15, 0.2) is 41.3 Å². The van der Waals surface area contributed by atoms with Gasteiger partial charge in [0.1, 0.15) is 5.60 Å². The largest absolute Gasteiger partial charge is 0.444 e. The summed E-state index contributed by atoms with van der Waals surface area (Å²) in [4.78, 5) is 13.8. The van der Waals surface area contributed by atoms with Crippen molar-refractivity contribution in [1.82, 2.24) is 14.9 Å². The van der Waals surface area contributed by atoms with E-state index in [1.54, 1.807) is 33.2 Å². The number of likely N-dealkylation sites (tertiary alicyclic amines) is 1. The van der Waals surface area contributed by atoms with Crippen molar-refractivity contribution in [2.75, 3.05) is 24.7 Å². The van der Waals surface area contributed by atoms with Gasteiger partial charge in [0.15, 0.2) is 11.7 Å². The van der Waals surface area contributed by atoms with Gasteiger partial charge in [-0.05, 0) is 69.7 Å². The lowest BCUT2D eigenvalue weighted by Crippen LogP contribution is -2.45. The maximum absolute atomic E-state index is 14.1. The smallest absolute Gasteiger partial charge is 0.417 e. The highest BCUT2D eigenvalue weighted by Gasteiger charge is 2.36. The van der Waals surface area contributed by atoms with E-state index in [0.29, 0.717) is 19.4 Å². The molecule has 15 heteroatoms. The number of nitriles is 1. The molecule has 1 aliphatic rings. The van der Waals surface area contributed by atoms with Crippen molar-refractivity contribution in [3.05, 3.63) is 47.0 Å². The number of amides is 1. The van der Waals surface area contributed by atoms with E-state index in [1.807, 2.05) is 0 Å². The van der Waals surface area contributed by atoms with Crippen LogP contribution < -0.4 is 15.4 Å². The van der Waals surface area contributed by atoms with Gasteiger partial charge in [-0.3, -0.25) is 5.32 Å². The van der Waals surface area contributed by atoms with Crippen LogP contribution in [0.5, 0.6) is 0 Å². The number of carbonyl (C=O) groups excluding carboxylic acids is 1. The number of halogens is 4. The Bertz CT molecular complexity index is 1390. The normalized spacial score (nSPS) is 16.7. The van der Waals surface area contributed by atoms with Gasteiger partial charge in [0, 0.05) is 30.4 Å². The van der Waals surface area contributed by atoms with Gasteiger partial charge in [0.05, 0.1) is 15.5 Å². The minimum Gasteiger partial charge on any atom is -0.444 e. The van der Waals surface area contributed by atoms with Crippen LogP contribution in [-0.2, 0) is 20.9 Å². The number of nitrogens with zero attached hydrogens (tertiary/aromatic N) is 2. The Balaban J connectivity index is 1.81. The fourth-order valence-electron chi connectivity index (χ4n) is 4.27. The van der Waals surface area contributed by atoms with Crippen LogP contribution >= 0.6 is 23.4 Å². The van der Waals surface area contributed by atoms with Crippen molar-refractivity contribution < 1.29 is 31.1 Å². The molecular weight excluding hydrogens is 603 g/mol. The quantitative estimate of drug-likeness (QED) is 0.179. The number of thioether (sulfide) groups is 1. The summed E-state index contributed by atoms with van der Waals surface area (Å²) in [5, 5.41) is 13.8. The summed E-state index contributed by atoms with van der Waals surface area (Å²) in [7, 11) is -4.04. The lowest BCUT2D eigenvalue weighted by Gasteiger charge is -2.28. The van der Waals surface area contributed by atoms with Crippen molar-refractivity contribution in [2.45, 2.75) is 61.8 Å². The van der Waals surface area contributed by atoms with Gasteiger partial charge in [0.2, 0.25) is 10.0 Å². The van der Waals surface area contributed by atoms with E-state index in [0.717, 1.165) is 6.07 Å². The van der Waals surface area contributed by atoms with Crippen LogP contribution in [0.2, 0.25) is 5.02 Å². The molecule has 1 amide bonds. The summed E-state index contributed by atoms with van der Waals surface area (Å²) in [5.74, 6) is 0. The first kappa shape index (κ1) is 32.7. The summed E-state index contributed by atoms with van der Waals surface area (Å²) >= 11 is 7.48. The van der Waals surface area contributed by atoms with Crippen molar-refractivity contribution in [1.29, 1.82) is 5.26 Å². The molecule has 9 nitrogen and oxygen atoms in total. The second kappa shape index (κ2) is 13.0. The number of ether oxygens (including phenoxy) is 1. The van der Waals surface area contributed by atoms with Crippen LogP contribution in [0, 0.1) is 11.5 Å². The molecule has 41 heavy (non-hydrogen) atoms. The van der Waals surface area contributed by atoms with Gasteiger partial charge in [-0.1, -0.05) is 23.7 Å². The number of rotatable bonds is 9. The number of anilines is 1. The molecule has 1 aliphatic heterocycles. The first-order valence-electron chi connectivity index (χ1n) is 12.5. The zero-order valence-corrected chi connectivity index (χ0v) is 25.2. The summed E-state index contributed by atoms with van der Waals surface area (Å²) in [6.45, 7) is 5.63. The van der Waals surface area contributed by atoms with Gasteiger partial charge in [-0.15, -0.1) is 11.8 Å². The third kappa shape index (κ3) is 8.57. The highest BCUT2D eigenvalue weighted by Crippen LogP contribution is 2.43. The van der Waals surface area contributed by atoms with Crippen LogP contribution in [0.4, 0.5) is 23.7 Å². The fourth-order valence-corrected chi connectivity index (χ4v) is 6.10. The monoisotopic (exact) mass is 633 g/mol. The van der Waals surface area contributed by atoms with Crippen LogP contribution in [0.3, 0.4) is 0 Å². The highest BCUT2D eigenvalue weighted by atomic mass is 35.5. The van der Waals surface area contributed by atoms with E-state index >= 15 is 0 Å². The molecule has 2 aromatic rings.